The van der Waals surface area contributed by atoms with Crippen molar-refractivity contribution in [3.63, 3.8) is 0 Å². The molecule has 0 bridgehead atoms. The summed E-state index contributed by atoms with van der Waals surface area (Å²) in [5, 5.41) is 22.9. The van der Waals surface area contributed by atoms with Crippen molar-refractivity contribution < 1.29 is 34.1 Å². The van der Waals surface area contributed by atoms with Crippen molar-refractivity contribution in [1.82, 2.24) is 4.90 Å². The lowest BCUT2D eigenvalue weighted by atomic mass is 9.33. The van der Waals surface area contributed by atoms with Crippen LogP contribution in [-0.4, -0.2) is 57.5 Å². The second-order valence-corrected chi connectivity index (χ2v) is 22.0. The molecule has 1 aromatic rings. The number of ketones is 1. The highest BCUT2D eigenvalue weighted by Gasteiger charge is 2.71. The molecule has 1 amide bonds. The van der Waals surface area contributed by atoms with Crippen LogP contribution in [0.4, 0.5) is 0 Å². The van der Waals surface area contributed by atoms with E-state index in [1.54, 1.807) is 18.7 Å². The number of hydrogen-bond acceptors (Lipinski definition) is 6. The minimum Gasteiger partial charge on any atom is -0.481 e. The van der Waals surface area contributed by atoms with Crippen LogP contribution < -0.4 is 0 Å². The topological polar surface area (TPSA) is 121 Å². The van der Waals surface area contributed by atoms with Gasteiger partial charge in [-0.15, -0.1) is 0 Å². The average molecular weight is 809 g/mol. The number of aliphatic carboxylic acids is 1. The van der Waals surface area contributed by atoms with Crippen LogP contribution in [0.2, 0.25) is 5.02 Å². The third-order valence-corrected chi connectivity index (χ3v) is 17.2. The molecule has 316 valence electrons. The molecule has 1 unspecified atom stereocenters. The van der Waals surface area contributed by atoms with Gasteiger partial charge in [-0.1, -0.05) is 91.6 Å². The molecular formula is C48H70ClNO7. The number of fused-ring (bicyclic) bond motifs is 7. The molecule has 0 spiro atoms. The largest absolute Gasteiger partial charge is 0.481 e. The van der Waals surface area contributed by atoms with E-state index in [2.05, 4.69) is 48.5 Å². The van der Waals surface area contributed by atoms with Crippen molar-refractivity contribution in [2.75, 3.05) is 6.54 Å². The normalized spacial score (nSPS) is 35.2. The predicted molar refractivity (Wildman–Crippen MR) is 223 cm³/mol. The third kappa shape index (κ3) is 7.12. The fourth-order valence-corrected chi connectivity index (χ4v) is 13.8. The number of carbonyl (C=O) groups excluding carboxylic acids is 3. The number of nitrogens with zero attached hydrogens (tertiary/aromatic N) is 1. The van der Waals surface area contributed by atoms with Crippen LogP contribution in [0.15, 0.2) is 35.4 Å². The van der Waals surface area contributed by atoms with Crippen molar-refractivity contribution in [1.29, 1.82) is 0 Å². The average Bonchev–Trinajstić information content (AvgIpc) is 3.43. The first-order chi connectivity index (χ1) is 26.4. The van der Waals surface area contributed by atoms with Gasteiger partial charge in [0.2, 0.25) is 5.91 Å². The number of carbonyl (C=O) groups is 4. The Balaban J connectivity index is 1.30. The van der Waals surface area contributed by atoms with Crippen molar-refractivity contribution in [3.8, 4) is 0 Å². The molecule has 6 rings (SSSR count). The van der Waals surface area contributed by atoms with Gasteiger partial charge >= 0.3 is 11.9 Å². The van der Waals surface area contributed by atoms with Crippen LogP contribution in [0.25, 0.3) is 0 Å². The number of allylic oxidation sites excluding steroid dienone is 1. The lowest BCUT2D eigenvalue weighted by Crippen LogP contribution is -2.66. The zero-order valence-electron chi connectivity index (χ0n) is 36.6. The number of ether oxygens (including phenoxy) is 1. The summed E-state index contributed by atoms with van der Waals surface area (Å²) in [5.41, 5.74) is 0.788. The summed E-state index contributed by atoms with van der Waals surface area (Å²) in [5.74, 6) is -0.598. The zero-order valence-corrected chi connectivity index (χ0v) is 37.4. The van der Waals surface area contributed by atoms with E-state index in [1.165, 1.54) is 5.57 Å². The van der Waals surface area contributed by atoms with Crippen LogP contribution >= 0.6 is 11.6 Å². The smallest absolute Gasteiger partial charge is 0.309 e. The van der Waals surface area contributed by atoms with E-state index in [0.717, 1.165) is 56.1 Å². The summed E-state index contributed by atoms with van der Waals surface area (Å²) in [6.07, 6.45) is 6.32. The summed E-state index contributed by atoms with van der Waals surface area (Å²) in [6, 6.07) is 7.52. The van der Waals surface area contributed by atoms with Crippen LogP contribution in [0, 0.1) is 62.1 Å². The van der Waals surface area contributed by atoms with Crippen LogP contribution in [0.1, 0.15) is 146 Å². The van der Waals surface area contributed by atoms with Crippen molar-refractivity contribution in [2.45, 2.75) is 159 Å². The summed E-state index contributed by atoms with van der Waals surface area (Å²) >= 11 is 6.19. The second-order valence-electron chi connectivity index (χ2n) is 21.6. The van der Waals surface area contributed by atoms with E-state index in [0.29, 0.717) is 36.2 Å². The Labute approximate surface area is 346 Å². The fraction of sp³-hybridized carbons (Fsp3) is 0.750. The molecule has 9 heteroatoms. The first-order valence-electron chi connectivity index (χ1n) is 21.8. The lowest BCUT2D eigenvalue weighted by Gasteiger charge is -2.72. The SMILES string of the molecule is CC(C)C(=O)N(Cc1ccc(Cl)cc1)C[C@H](O)[C@@]12CC[C@]3(C)[C@H](CC[C@@H]4[C@@]5(C)CC[C@H](OC(=O)CC(C)(C)C(=O)O)C(C)(C)C5CC[C@]43C)C1=C(C(C)C)C(=O)C2. The number of hydrogen-bond donors (Lipinski definition) is 2. The summed E-state index contributed by atoms with van der Waals surface area (Å²) in [4.78, 5) is 54.8. The molecule has 57 heavy (non-hydrogen) atoms. The van der Waals surface area contributed by atoms with E-state index >= 15 is 0 Å². The molecule has 5 aliphatic rings. The van der Waals surface area contributed by atoms with Crippen LogP contribution in [0.3, 0.4) is 0 Å². The Morgan fingerprint density at radius 3 is 2.14 bits per heavy atom. The Morgan fingerprint density at radius 2 is 1.54 bits per heavy atom. The highest BCUT2D eigenvalue weighted by molar-refractivity contribution is 6.30. The van der Waals surface area contributed by atoms with Crippen LogP contribution in [0.5, 0.6) is 0 Å². The Bertz CT molecular complexity index is 1800. The number of amides is 1. The Kier molecular flexibility index (Phi) is 11.6. The van der Waals surface area contributed by atoms with Gasteiger partial charge in [-0.05, 0) is 128 Å². The molecule has 4 saturated carbocycles. The van der Waals surface area contributed by atoms with Gasteiger partial charge in [0.15, 0.2) is 5.78 Å². The van der Waals surface area contributed by atoms with Gasteiger partial charge < -0.3 is 19.8 Å². The van der Waals surface area contributed by atoms with Crippen molar-refractivity contribution in [2.24, 2.45) is 62.1 Å². The molecule has 0 aromatic heterocycles. The maximum absolute atomic E-state index is 14.3. The number of esters is 1. The van der Waals surface area contributed by atoms with Crippen LogP contribution in [-0.2, 0) is 30.5 Å². The molecule has 4 fully saturated rings. The van der Waals surface area contributed by atoms with Gasteiger partial charge in [-0.3, -0.25) is 19.2 Å². The summed E-state index contributed by atoms with van der Waals surface area (Å²) in [7, 11) is 0. The summed E-state index contributed by atoms with van der Waals surface area (Å²) < 4.78 is 6.18. The first kappa shape index (κ1) is 43.9. The summed E-state index contributed by atoms with van der Waals surface area (Å²) in [6.45, 7) is 23.7. The van der Waals surface area contributed by atoms with E-state index < -0.39 is 28.9 Å². The number of benzene rings is 1. The first-order valence-corrected chi connectivity index (χ1v) is 22.2. The fourth-order valence-electron chi connectivity index (χ4n) is 13.7. The van der Waals surface area contributed by atoms with E-state index in [1.807, 2.05) is 38.1 Å². The number of aliphatic hydroxyl groups excluding tert-OH is 1. The van der Waals surface area contributed by atoms with Gasteiger partial charge in [-0.2, -0.15) is 0 Å². The number of carboxylic acid groups (broad SMARTS) is 1. The van der Waals surface area contributed by atoms with Gasteiger partial charge in [0.25, 0.3) is 0 Å². The minimum absolute atomic E-state index is 0.0155. The molecule has 9 atom stereocenters. The Hall–Kier alpha value is -2.71. The molecule has 0 saturated heterocycles. The standard InChI is InChI=1S/C48H70ClNO7/c1-28(2)39-33(51)24-48(36(52)27-50(41(54)29(3)4)26-30-12-14-31(49)15-13-30)23-22-46(10)32(40(39)48)16-17-35-45(9)20-19-37(57-38(53)25-43(5,6)42(55)56)44(7,8)34(45)18-21-47(35,46)11/h12-15,28-29,32,34-37,52H,16-27H2,1-11H3,(H,55,56)/t32-,34?,35-,36+,37+,45+,46-,47-,48+/m1/s1. The highest BCUT2D eigenvalue weighted by atomic mass is 35.5. The molecule has 5 aliphatic carbocycles. The maximum Gasteiger partial charge on any atom is 0.309 e. The van der Waals surface area contributed by atoms with Gasteiger partial charge in [0.1, 0.15) is 6.10 Å². The Morgan fingerprint density at radius 1 is 0.895 bits per heavy atom. The second kappa shape index (κ2) is 15.1. The highest BCUT2D eigenvalue weighted by Crippen LogP contribution is 2.77. The zero-order chi connectivity index (χ0) is 42.3. The van der Waals surface area contributed by atoms with Gasteiger partial charge in [0.05, 0.1) is 17.9 Å². The molecular weight excluding hydrogens is 738 g/mol. The molecule has 0 aliphatic heterocycles. The van der Waals surface area contributed by atoms with E-state index in [9.17, 15) is 29.4 Å². The number of Topliss-reactive ketones (excluding diaryl/α,β-unsaturated/α-hetero) is 1. The van der Waals surface area contributed by atoms with Gasteiger partial charge in [0, 0.05) is 41.3 Å². The number of carboxylic acids is 1. The molecule has 1 aromatic carbocycles. The molecule has 8 nitrogen and oxygen atoms in total. The number of aliphatic hydroxyl groups is 1. The minimum atomic E-state index is -1.18. The monoisotopic (exact) mass is 807 g/mol. The van der Waals surface area contributed by atoms with Crippen molar-refractivity contribution in [3.05, 3.63) is 46.0 Å². The van der Waals surface area contributed by atoms with E-state index in [-0.39, 0.29) is 70.2 Å². The third-order valence-electron chi connectivity index (χ3n) is 17.0. The molecule has 0 heterocycles. The number of rotatable bonds is 11. The van der Waals surface area contributed by atoms with Gasteiger partial charge in [-0.25, -0.2) is 0 Å². The number of halogens is 1. The lowest BCUT2D eigenvalue weighted by molar-refractivity contribution is -0.235. The quantitative estimate of drug-likeness (QED) is 0.214. The maximum atomic E-state index is 14.3. The predicted octanol–water partition coefficient (Wildman–Crippen LogP) is 10.1. The molecule has 0 radical (unpaired) electrons. The molecule has 2 N–H and O–H groups in total. The van der Waals surface area contributed by atoms with E-state index in [4.69, 9.17) is 16.3 Å². The van der Waals surface area contributed by atoms with Crippen molar-refractivity contribution >= 4 is 35.2 Å².